The molecule has 0 spiro atoms. The van der Waals surface area contributed by atoms with Crippen LogP contribution in [0.25, 0.3) is 0 Å². The molecule has 4 heteroatoms. The van der Waals surface area contributed by atoms with Crippen LogP contribution in [0.3, 0.4) is 0 Å². The summed E-state index contributed by atoms with van der Waals surface area (Å²) in [5.41, 5.74) is 0.546. The summed E-state index contributed by atoms with van der Waals surface area (Å²) in [5.74, 6) is 0.0851. The van der Waals surface area contributed by atoms with Gasteiger partial charge >= 0.3 is 0 Å². The Labute approximate surface area is 98.4 Å². The number of nitrogens with zero attached hydrogens (tertiary/aromatic N) is 1. The minimum absolute atomic E-state index is 0.0308. The molecule has 0 bridgehead atoms. The van der Waals surface area contributed by atoms with Gasteiger partial charge in [-0.05, 0) is 30.7 Å². The summed E-state index contributed by atoms with van der Waals surface area (Å²) in [4.78, 5) is 11.9. The number of nitrogens with one attached hydrogen (secondary N) is 1. The summed E-state index contributed by atoms with van der Waals surface area (Å²) in [6, 6.07) is 3.79. The summed E-state index contributed by atoms with van der Waals surface area (Å²) in [7, 11) is 0. The Morgan fingerprint density at radius 3 is 3.12 bits per heavy atom. The molecule has 1 aliphatic rings. The highest BCUT2D eigenvalue weighted by Crippen LogP contribution is 2.25. The molecular formula is C12H12N2OS. The lowest BCUT2D eigenvalue weighted by Crippen LogP contribution is -2.23. The van der Waals surface area contributed by atoms with Gasteiger partial charge in [-0.15, -0.1) is 11.3 Å². The molecule has 1 atom stereocenters. The second-order valence-corrected chi connectivity index (χ2v) is 4.66. The smallest absolute Gasteiger partial charge is 0.228 e. The maximum atomic E-state index is 11.9. The number of allylic oxidation sites excluding steroid dienone is 2. The fourth-order valence-corrected chi connectivity index (χ4v) is 2.48. The van der Waals surface area contributed by atoms with Crippen molar-refractivity contribution in [3.05, 3.63) is 29.2 Å². The van der Waals surface area contributed by atoms with Crippen LogP contribution < -0.4 is 5.32 Å². The van der Waals surface area contributed by atoms with Gasteiger partial charge < -0.3 is 5.32 Å². The van der Waals surface area contributed by atoms with Crippen molar-refractivity contribution in [2.75, 3.05) is 5.32 Å². The fraction of sp³-hybridized carbons (Fsp3) is 0.333. The zero-order valence-electron chi connectivity index (χ0n) is 8.77. The summed E-state index contributed by atoms with van der Waals surface area (Å²) in [6.45, 7) is 0. The van der Waals surface area contributed by atoms with Gasteiger partial charge in [0.2, 0.25) is 5.91 Å². The van der Waals surface area contributed by atoms with Crippen LogP contribution in [-0.2, 0) is 4.79 Å². The normalized spacial score (nSPS) is 19.1. The van der Waals surface area contributed by atoms with Crippen molar-refractivity contribution in [1.29, 1.82) is 5.26 Å². The van der Waals surface area contributed by atoms with Crippen LogP contribution in [0.1, 0.15) is 24.8 Å². The van der Waals surface area contributed by atoms with Crippen LogP contribution in [-0.4, -0.2) is 5.91 Å². The van der Waals surface area contributed by atoms with Gasteiger partial charge in [-0.2, -0.15) is 5.26 Å². The average Bonchev–Trinajstić information content (AvgIpc) is 2.77. The van der Waals surface area contributed by atoms with Crippen molar-refractivity contribution in [1.82, 2.24) is 0 Å². The molecule has 1 amide bonds. The molecule has 0 aromatic carbocycles. The third-order valence-corrected chi connectivity index (χ3v) is 3.49. The molecule has 0 radical (unpaired) electrons. The van der Waals surface area contributed by atoms with Crippen LogP contribution in [0.15, 0.2) is 23.6 Å². The highest BCUT2D eigenvalue weighted by molar-refractivity contribution is 7.14. The van der Waals surface area contributed by atoms with Gasteiger partial charge in [0.25, 0.3) is 0 Å². The lowest BCUT2D eigenvalue weighted by atomic mass is 9.94. The van der Waals surface area contributed by atoms with E-state index in [9.17, 15) is 4.79 Å². The van der Waals surface area contributed by atoms with Crippen LogP contribution >= 0.6 is 11.3 Å². The molecule has 16 heavy (non-hydrogen) atoms. The Kier molecular flexibility index (Phi) is 3.37. The van der Waals surface area contributed by atoms with E-state index in [1.165, 1.54) is 11.3 Å². The molecule has 1 heterocycles. The van der Waals surface area contributed by atoms with Crippen molar-refractivity contribution in [2.24, 2.45) is 5.92 Å². The molecule has 1 aliphatic carbocycles. The second-order valence-electron chi connectivity index (χ2n) is 3.75. The van der Waals surface area contributed by atoms with Crippen molar-refractivity contribution in [3.63, 3.8) is 0 Å². The Balaban J connectivity index is 2.02. The third-order valence-electron chi connectivity index (χ3n) is 2.66. The Morgan fingerprint density at radius 1 is 1.56 bits per heavy atom. The number of hydrogen-bond donors (Lipinski definition) is 1. The molecule has 82 valence electrons. The van der Waals surface area contributed by atoms with E-state index in [4.69, 9.17) is 5.26 Å². The largest absolute Gasteiger partial charge is 0.316 e. The Morgan fingerprint density at radius 2 is 2.44 bits per heavy atom. The predicted molar refractivity (Wildman–Crippen MR) is 64.1 cm³/mol. The third kappa shape index (κ3) is 2.31. The van der Waals surface area contributed by atoms with E-state index in [0.29, 0.717) is 10.6 Å². The minimum Gasteiger partial charge on any atom is -0.316 e. The van der Waals surface area contributed by atoms with Gasteiger partial charge in [0.15, 0.2) is 0 Å². The average molecular weight is 232 g/mol. The molecular weight excluding hydrogens is 220 g/mol. The lowest BCUT2D eigenvalue weighted by molar-refractivity contribution is -0.120. The number of hydrogen-bond acceptors (Lipinski definition) is 3. The first-order valence-electron chi connectivity index (χ1n) is 5.24. The summed E-state index contributed by atoms with van der Waals surface area (Å²) in [5, 5.41) is 14.1. The number of carbonyl (C=O) groups is 1. The van der Waals surface area contributed by atoms with E-state index in [0.717, 1.165) is 19.3 Å². The molecule has 0 saturated heterocycles. The van der Waals surface area contributed by atoms with Gasteiger partial charge in [-0.3, -0.25) is 4.79 Å². The van der Waals surface area contributed by atoms with Crippen molar-refractivity contribution in [3.8, 4) is 6.07 Å². The van der Waals surface area contributed by atoms with Gasteiger partial charge in [-0.25, -0.2) is 0 Å². The van der Waals surface area contributed by atoms with Gasteiger partial charge in [0.1, 0.15) is 11.1 Å². The van der Waals surface area contributed by atoms with Crippen molar-refractivity contribution >= 4 is 22.2 Å². The van der Waals surface area contributed by atoms with Gasteiger partial charge in [0, 0.05) is 5.92 Å². The lowest BCUT2D eigenvalue weighted by Gasteiger charge is -2.16. The van der Waals surface area contributed by atoms with E-state index in [1.807, 2.05) is 11.5 Å². The number of anilines is 1. The minimum atomic E-state index is 0.0308. The quantitative estimate of drug-likeness (QED) is 0.797. The van der Waals surface area contributed by atoms with Gasteiger partial charge in [0.05, 0.1) is 5.56 Å². The Bertz CT molecular complexity index is 456. The van der Waals surface area contributed by atoms with E-state index in [1.54, 1.807) is 6.07 Å². The molecule has 2 rings (SSSR count). The van der Waals surface area contributed by atoms with E-state index in [2.05, 4.69) is 17.5 Å². The number of carbonyl (C=O) groups excluding carboxylic acids is 1. The molecule has 0 aliphatic heterocycles. The standard InChI is InChI=1S/C12H12N2OS/c13-8-10-6-7-16-12(10)14-11(15)9-4-2-1-3-5-9/h1-2,6-7,9H,3-5H2,(H,14,15)/t9-/m0/s1. The molecule has 0 saturated carbocycles. The summed E-state index contributed by atoms with van der Waals surface area (Å²) < 4.78 is 0. The topological polar surface area (TPSA) is 52.9 Å². The van der Waals surface area contributed by atoms with E-state index in [-0.39, 0.29) is 11.8 Å². The molecule has 1 N–H and O–H groups in total. The van der Waals surface area contributed by atoms with Crippen LogP contribution in [0.2, 0.25) is 0 Å². The molecule has 3 nitrogen and oxygen atoms in total. The predicted octanol–water partition coefficient (Wildman–Crippen LogP) is 2.91. The molecule has 1 aromatic rings. The van der Waals surface area contributed by atoms with E-state index < -0.39 is 0 Å². The number of nitriles is 1. The fourth-order valence-electron chi connectivity index (χ4n) is 1.74. The molecule has 0 fully saturated rings. The zero-order chi connectivity index (χ0) is 11.4. The Hall–Kier alpha value is -1.60. The van der Waals surface area contributed by atoms with Crippen LogP contribution in [0.4, 0.5) is 5.00 Å². The maximum absolute atomic E-state index is 11.9. The first kappa shape index (κ1) is 10.9. The number of amides is 1. The monoisotopic (exact) mass is 232 g/mol. The first-order chi connectivity index (χ1) is 7.81. The highest BCUT2D eigenvalue weighted by atomic mass is 32.1. The molecule has 0 unspecified atom stereocenters. The summed E-state index contributed by atoms with van der Waals surface area (Å²) in [6.07, 6.45) is 6.82. The first-order valence-corrected chi connectivity index (χ1v) is 6.12. The highest BCUT2D eigenvalue weighted by Gasteiger charge is 2.19. The SMILES string of the molecule is N#Cc1ccsc1NC(=O)[C@H]1CC=CCC1. The van der Waals surface area contributed by atoms with Crippen LogP contribution in [0.5, 0.6) is 0 Å². The maximum Gasteiger partial charge on any atom is 0.228 e. The second kappa shape index (κ2) is 4.95. The number of rotatable bonds is 2. The molecule has 1 aromatic heterocycles. The van der Waals surface area contributed by atoms with E-state index >= 15 is 0 Å². The van der Waals surface area contributed by atoms with Crippen molar-refractivity contribution < 1.29 is 4.79 Å². The summed E-state index contributed by atoms with van der Waals surface area (Å²) >= 11 is 1.39. The van der Waals surface area contributed by atoms with Crippen LogP contribution in [0, 0.1) is 17.2 Å². The number of thiophene rings is 1. The zero-order valence-corrected chi connectivity index (χ0v) is 9.59. The van der Waals surface area contributed by atoms with Gasteiger partial charge in [-0.1, -0.05) is 12.2 Å². The van der Waals surface area contributed by atoms with Crippen molar-refractivity contribution in [2.45, 2.75) is 19.3 Å².